The lowest BCUT2D eigenvalue weighted by molar-refractivity contribution is -0.870. The van der Waals surface area contributed by atoms with Crippen molar-refractivity contribution >= 4 is 13.8 Å². The van der Waals surface area contributed by atoms with Crippen LogP contribution in [-0.2, 0) is 27.9 Å². The van der Waals surface area contributed by atoms with Gasteiger partial charge in [-0.1, -0.05) is 151 Å². The second-order valence-electron chi connectivity index (χ2n) is 15.3. The number of likely N-dealkylation sites (N-methyl/N-ethyl adjacent to an activating group) is 1. The molecule has 9 heteroatoms. The molecule has 0 amide bonds. The summed E-state index contributed by atoms with van der Waals surface area (Å²) < 4.78 is 34.4. The molecule has 0 fully saturated rings. The number of allylic oxidation sites excluding steroid dienone is 12. The average molecular weight is 792 g/mol. The van der Waals surface area contributed by atoms with Crippen LogP contribution in [-0.4, -0.2) is 70.7 Å². The summed E-state index contributed by atoms with van der Waals surface area (Å²) >= 11 is 0. The first kappa shape index (κ1) is 52.9. The van der Waals surface area contributed by atoms with Gasteiger partial charge in [-0.3, -0.25) is 9.36 Å². The largest absolute Gasteiger partial charge is 0.756 e. The van der Waals surface area contributed by atoms with Crippen molar-refractivity contribution in [3.63, 3.8) is 0 Å². The molecule has 0 aliphatic carbocycles. The number of hydrogen-bond acceptors (Lipinski definition) is 7. The summed E-state index contributed by atoms with van der Waals surface area (Å²) in [6.07, 6.45) is 49.4. The lowest BCUT2D eigenvalue weighted by atomic mass is 10.1. The zero-order valence-electron chi connectivity index (χ0n) is 35.8. The number of esters is 1. The molecule has 0 saturated heterocycles. The van der Waals surface area contributed by atoms with Crippen LogP contribution in [0, 0.1) is 0 Å². The molecule has 0 aliphatic heterocycles. The van der Waals surface area contributed by atoms with Crippen molar-refractivity contribution in [2.75, 3.05) is 54.1 Å². The molecule has 2 atom stereocenters. The Morgan fingerprint density at radius 3 is 1.58 bits per heavy atom. The van der Waals surface area contributed by atoms with Gasteiger partial charge in [0, 0.05) is 13.0 Å². The van der Waals surface area contributed by atoms with Gasteiger partial charge in [0.1, 0.15) is 19.3 Å². The molecule has 0 aromatic heterocycles. The Hall–Kier alpha value is -2.06. The third kappa shape index (κ3) is 42.9. The quantitative estimate of drug-likeness (QED) is 0.0201. The summed E-state index contributed by atoms with van der Waals surface area (Å²) in [4.78, 5) is 25.0. The van der Waals surface area contributed by atoms with Crippen molar-refractivity contribution < 1.29 is 37.3 Å². The molecule has 0 saturated carbocycles. The molecule has 0 rings (SSSR count). The van der Waals surface area contributed by atoms with Crippen molar-refractivity contribution in [2.45, 2.75) is 161 Å². The van der Waals surface area contributed by atoms with E-state index in [4.69, 9.17) is 18.5 Å². The molecule has 0 aromatic rings. The minimum absolute atomic E-state index is 0.00960. The molecular weight excluding hydrogens is 709 g/mol. The second kappa shape index (κ2) is 38.8. The van der Waals surface area contributed by atoms with Crippen molar-refractivity contribution in [3.05, 3.63) is 72.9 Å². The number of phosphoric ester groups is 1. The number of phosphoric acid groups is 1. The van der Waals surface area contributed by atoms with Crippen LogP contribution < -0.4 is 4.89 Å². The van der Waals surface area contributed by atoms with Crippen molar-refractivity contribution in [1.29, 1.82) is 0 Å². The molecule has 0 radical (unpaired) electrons. The van der Waals surface area contributed by atoms with Crippen LogP contribution in [0.3, 0.4) is 0 Å². The maximum absolute atomic E-state index is 12.6. The van der Waals surface area contributed by atoms with Crippen LogP contribution in [0.25, 0.3) is 0 Å². The van der Waals surface area contributed by atoms with E-state index in [1.165, 1.54) is 83.5 Å². The molecule has 0 aromatic carbocycles. The third-order valence-corrected chi connectivity index (χ3v) is 9.72. The maximum Gasteiger partial charge on any atom is 0.306 e. The van der Waals surface area contributed by atoms with Gasteiger partial charge in [0.25, 0.3) is 7.82 Å². The van der Waals surface area contributed by atoms with E-state index in [1.54, 1.807) is 0 Å². The number of carbonyl (C=O) groups is 1. The Bertz CT molecular complexity index is 1110. The van der Waals surface area contributed by atoms with Crippen LogP contribution in [0.5, 0.6) is 0 Å². The van der Waals surface area contributed by atoms with Gasteiger partial charge in [0.15, 0.2) is 0 Å². The zero-order chi connectivity index (χ0) is 40.6. The van der Waals surface area contributed by atoms with Gasteiger partial charge in [0.2, 0.25) is 0 Å². The van der Waals surface area contributed by atoms with Gasteiger partial charge in [-0.15, -0.1) is 0 Å². The fourth-order valence-corrected chi connectivity index (χ4v) is 6.14. The van der Waals surface area contributed by atoms with Gasteiger partial charge in [-0.2, -0.15) is 0 Å². The Labute approximate surface area is 338 Å². The predicted molar refractivity (Wildman–Crippen MR) is 231 cm³/mol. The molecular formula is C46H82NO7P. The molecule has 55 heavy (non-hydrogen) atoms. The number of rotatable bonds is 39. The van der Waals surface area contributed by atoms with Crippen molar-refractivity contribution in [3.8, 4) is 0 Å². The van der Waals surface area contributed by atoms with Crippen molar-refractivity contribution in [1.82, 2.24) is 0 Å². The Morgan fingerprint density at radius 1 is 0.582 bits per heavy atom. The molecule has 2 unspecified atom stereocenters. The van der Waals surface area contributed by atoms with Crippen molar-refractivity contribution in [2.24, 2.45) is 0 Å². The Morgan fingerprint density at radius 2 is 1.05 bits per heavy atom. The van der Waals surface area contributed by atoms with Crippen LogP contribution in [0.15, 0.2) is 72.9 Å². The van der Waals surface area contributed by atoms with Crippen LogP contribution in [0.1, 0.15) is 155 Å². The molecule has 318 valence electrons. The SMILES string of the molecule is CC/C=C\C/C=C\C/C=C\C/C=C\CCC(=O)OC(COCCCCCCCCCCCC/C=C\C/C=C\CCCCC)COP(=O)([O-])OCC[N+](C)(C)C. The summed E-state index contributed by atoms with van der Waals surface area (Å²) in [6, 6.07) is 0. The van der Waals surface area contributed by atoms with Gasteiger partial charge < -0.3 is 27.9 Å². The number of carbonyl (C=O) groups excluding carboxylic acids is 1. The number of nitrogens with zero attached hydrogens (tertiary/aromatic N) is 1. The van der Waals surface area contributed by atoms with E-state index < -0.39 is 19.9 Å². The summed E-state index contributed by atoms with van der Waals surface area (Å²) in [5.41, 5.74) is 0. The molecule has 0 N–H and O–H groups in total. The highest BCUT2D eigenvalue weighted by Crippen LogP contribution is 2.38. The van der Waals surface area contributed by atoms with Crippen LogP contribution in [0.2, 0.25) is 0 Å². The van der Waals surface area contributed by atoms with E-state index in [9.17, 15) is 14.3 Å². The molecule has 0 aliphatic rings. The van der Waals surface area contributed by atoms with Gasteiger partial charge in [0.05, 0.1) is 34.4 Å². The summed E-state index contributed by atoms with van der Waals surface area (Å²) in [5.74, 6) is -0.417. The highest BCUT2D eigenvalue weighted by Gasteiger charge is 2.20. The maximum atomic E-state index is 12.6. The monoisotopic (exact) mass is 792 g/mol. The predicted octanol–water partition coefficient (Wildman–Crippen LogP) is 12.1. The van der Waals surface area contributed by atoms with Crippen LogP contribution in [0.4, 0.5) is 0 Å². The third-order valence-electron chi connectivity index (χ3n) is 8.76. The molecule has 8 nitrogen and oxygen atoms in total. The van der Waals surface area contributed by atoms with E-state index in [0.717, 1.165) is 44.9 Å². The minimum Gasteiger partial charge on any atom is -0.756 e. The second-order valence-corrected chi connectivity index (χ2v) is 16.7. The van der Waals surface area contributed by atoms with Gasteiger partial charge in [-0.05, 0) is 70.6 Å². The molecule has 0 heterocycles. The number of ether oxygens (including phenoxy) is 2. The first-order chi connectivity index (χ1) is 26.6. The smallest absolute Gasteiger partial charge is 0.306 e. The zero-order valence-corrected chi connectivity index (χ0v) is 36.7. The van der Waals surface area contributed by atoms with E-state index in [2.05, 4.69) is 74.6 Å². The fourth-order valence-electron chi connectivity index (χ4n) is 5.41. The minimum atomic E-state index is -4.55. The van der Waals surface area contributed by atoms with E-state index >= 15 is 0 Å². The van der Waals surface area contributed by atoms with E-state index in [-0.39, 0.29) is 26.2 Å². The first-order valence-corrected chi connectivity index (χ1v) is 23.1. The topological polar surface area (TPSA) is 94.1 Å². The normalized spacial score (nSPS) is 14.5. The number of hydrogen-bond donors (Lipinski definition) is 0. The highest BCUT2D eigenvalue weighted by molar-refractivity contribution is 7.45. The standard InChI is InChI=1S/C46H82NO7P/c1-6-8-10-12-14-16-18-20-21-22-23-24-25-26-28-30-32-34-36-38-41-51-43-45(44-53-55(49,50)52-42-40-47(3,4)5)54-46(48)39-37-35-33-31-29-27-19-17-15-13-11-9-7-2/h9,11,14-17,20-21,27,29,33,35,45H,6-8,10,12-13,18-19,22-26,28,30-32,34,36-44H2,1-5H3/b11-9-,16-14-,17-15-,21-20-,29-27-,35-33-. The number of quaternary nitrogens is 1. The van der Waals surface area contributed by atoms with Gasteiger partial charge in [-0.25, -0.2) is 0 Å². The lowest BCUT2D eigenvalue weighted by Crippen LogP contribution is -2.37. The van der Waals surface area contributed by atoms with E-state index in [1.807, 2.05) is 33.3 Å². The fraction of sp³-hybridized carbons (Fsp3) is 0.717. The first-order valence-electron chi connectivity index (χ1n) is 21.7. The summed E-state index contributed by atoms with van der Waals surface area (Å²) in [7, 11) is 1.30. The van der Waals surface area contributed by atoms with E-state index in [0.29, 0.717) is 24.1 Å². The summed E-state index contributed by atoms with van der Waals surface area (Å²) in [5, 5.41) is 0. The van der Waals surface area contributed by atoms with Crippen LogP contribution >= 0.6 is 7.82 Å². The highest BCUT2D eigenvalue weighted by atomic mass is 31.2. The molecule has 0 bridgehead atoms. The van der Waals surface area contributed by atoms with Gasteiger partial charge >= 0.3 is 5.97 Å². The Kier molecular flexibility index (Phi) is 37.3. The Balaban J connectivity index is 4.29. The average Bonchev–Trinajstić information content (AvgIpc) is 3.13. The molecule has 0 spiro atoms. The summed E-state index contributed by atoms with van der Waals surface area (Å²) in [6.45, 7) is 5.14. The lowest BCUT2D eigenvalue weighted by Gasteiger charge is -2.28. The number of unbranched alkanes of at least 4 members (excludes halogenated alkanes) is 13.